The number of amides is 2. The summed E-state index contributed by atoms with van der Waals surface area (Å²) < 4.78 is 0. The SMILES string of the molecule is CC(=O)C12c3ccccc3C(c3ccccc31)[C@@H]1C(=O)N(c3ccc([N+](=O)[O-])cc3)C(=O)[C@@H]12. The van der Waals surface area contributed by atoms with Crippen molar-refractivity contribution in [2.24, 2.45) is 11.8 Å². The van der Waals surface area contributed by atoms with Gasteiger partial charge in [-0.15, -0.1) is 0 Å². The van der Waals surface area contributed by atoms with E-state index >= 15 is 0 Å². The van der Waals surface area contributed by atoms with Gasteiger partial charge in [0.05, 0.1) is 27.9 Å². The lowest BCUT2D eigenvalue weighted by Gasteiger charge is -2.52. The summed E-state index contributed by atoms with van der Waals surface area (Å²) in [5.74, 6) is -2.93. The number of nitro benzene ring substituents is 1. The smallest absolute Gasteiger partial charge is 0.269 e. The van der Waals surface area contributed by atoms with Crippen LogP contribution in [0, 0.1) is 22.0 Å². The van der Waals surface area contributed by atoms with E-state index in [1.165, 1.54) is 31.2 Å². The number of Topliss-reactive ketones (excluding diaryl/α,β-unsaturated/α-hetero) is 1. The lowest BCUT2D eigenvalue weighted by molar-refractivity contribution is -0.384. The van der Waals surface area contributed by atoms with Crippen molar-refractivity contribution in [3.8, 4) is 0 Å². The highest BCUT2D eigenvalue weighted by Gasteiger charge is 2.69. The molecule has 0 spiro atoms. The first-order valence-electron chi connectivity index (χ1n) is 10.7. The Kier molecular flexibility index (Phi) is 3.82. The van der Waals surface area contributed by atoms with Gasteiger partial charge in [0.2, 0.25) is 11.8 Å². The minimum atomic E-state index is -1.26. The summed E-state index contributed by atoms with van der Waals surface area (Å²) in [5.41, 5.74) is 2.27. The van der Waals surface area contributed by atoms with E-state index < -0.39 is 28.1 Å². The van der Waals surface area contributed by atoms with Crippen molar-refractivity contribution in [3.63, 3.8) is 0 Å². The number of rotatable bonds is 3. The maximum absolute atomic E-state index is 13.9. The van der Waals surface area contributed by atoms with Gasteiger partial charge in [0, 0.05) is 18.1 Å². The van der Waals surface area contributed by atoms with Gasteiger partial charge in [-0.05, 0) is 41.3 Å². The van der Waals surface area contributed by atoms with Gasteiger partial charge in [-0.1, -0.05) is 48.5 Å². The third kappa shape index (κ3) is 2.21. The van der Waals surface area contributed by atoms with Gasteiger partial charge in [0.1, 0.15) is 5.78 Å². The van der Waals surface area contributed by atoms with E-state index in [4.69, 9.17) is 0 Å². The number of carbonyl (C=O) groups is 3. The molecule has 2 amide bonds. The predicted molar refractivity (Wildman–Crippen MR) is 119 cm³/mol. The van der Waals surface area contributed by atoms with Gasteiger partial charge in [-0.3, -0.25) is 24.5 Å². The summed E-state index contributed by atoms with van der Waals surface area (Å²) in [4.78, 5) is 52.8. The molecule has 0 radical (unpaired) electrons. The van der Waals surface area contributed by atoms with Crippen LogP contribution in [-0.2, 0) is 19.8 Å². The molecule has 0 saturated carbocycles. The molecule has 162 valence electrons. The fourth-order valence-corrected chi connectivity index (χ4v) is 6.35. The highest BCUT2D eigenvalue weighted by molar-refractivity contribution is 6.25. The van der Waals surface area contributed by atoms with Crippen molar-refractivity contribution in [1.29, 1.82) is 0 Å². The maximum Gasteiger partial charge on any atom is 0.269 e. The molecule has 3 aromatic carbocycles. The Bertz CT molecular complexity index is 1350. The molecule has 7 nitrogen and oxygen atoms in total. The monoisotopic (exact) mass is 438 g/mol. The minimum absolute atomic E-state index is 0.129. The number of carbonyl (C=O) groups excluding carboxylic acids is 3. The minimum Gasteiger partial charge on any atom is -0.299 e. The van der Waals surface area contributed by atoms with Crippen LogP contribution < -0.4 is 4.90 Å². The maximum atomic E-state index is 13.9. The molecule has 2 atom stereocenters. The number of non-ortho nitro benzene ring substituents is 1. The van der Waals surface area contributed by atoms with E-state index in [1.54, 1.807) is 0 Å². The highest BCUT2D eigenvalue weighted by atomic mass is 16.6. The zero-order valence-corrected chi connectivity index (χ0v) is 17.6. The number of nitrogens with zero attached hydrogens (tertiary/aromatic N) is 2. The first-order chi connectivity index (χ1) is 15.9. The molecule has 1 fully saturated rings. The molecule has 33 heavy (non-hydrogen) atoms. The summed E-state index contributed by atoms with van der Waals surface area (Å²) >= 11 is 0. The van der Waals surface area contributed by atoms with Crippen LogP contribution in [0.25, 0.3) is 0 Å². The molecule has 7 rings (SSSR count). The summed E-state index contributed by atoms with van der Waals surface area (Å²) in [5, 5.41) is 11.1. The average molecular weight is 438 g/mol. The number of hydrogen-bond donors (Lipinski definition) is 0. The second-order valence-electron chi connectivity index (χ2n) is 8.81. The number of benzene rings is 3. The molecular formula is C26H18N2O5. The number of imide groups is 1. The summed E-state index contributed by atoms with van der Waals surface area (Å²) in [7, 11) is 0. The molecule has 3 aromatic rings. The molecule has 7 heteroatoms. The van der Waals surface area contributed by atoms with E-state index in [0.717, 1.165) is 27.2 Å². The molecular weight excluding hydrogens is 420 g/mol. The van der Waals surface area contributed by atoms with Crippen LogP contribution in [0.3, 0.4) is 0 Å². The van der Waals surface area contributed by atoms with Crippen molar-refractivity contribution in [2.45, 2.75) is 18.3 Å². The number of nitro groups is 1. The van der Waals surface area contributed by atoms with Crippen molar-refractivity contribution >= 4 is 29.0 Å². The highest BCUT2D eigenvalue weighted by Crippen LogP contribution is 2.64. The average Bonchev–Trinajstić information content (AvgIpc) is 3.09. The molecule has 1 aliphatic heterocycles. The van der Waals surface area contributed by atoms with Crippen LogP contribution >= 0.6 is 0 Å². The third-order valence-electron chi connectivity index (χ3n) is 7.49. The zero-order chi connectivity index (χ0) is 23.1. The quantitative estimate of drug-likeness (QED) is 0.353. The van der Waals surface area contributed by atoms with Gasteiger partial charge >= 0.3 is 0 Å². The summed E-state index contributed by atoms with van der Waals surface area (Å²) in [6, 6.07) is 20.5. The van der Waals surface area contributed by atoms with Crippen LogP contribution in [0.5, 0.6) is 0 Å². The van der Waals surface area contributed by atoms with Crippen LogP contribution in [0.2, 0.25) is 0 Å². The Labute approximate surface area is 188 Å². The number of hydrogen-bond acceptors (Lipinski definition) is 5. The van der Waals surface area contributed by atoms with Crippen LogP contribution in [-0.4, -0.2) is 22.5 Å². The first kappa shape index (κ1) is 19.5. The Hall–Kier alpha value is -4.13. The predicted octanol–water partition coefficient (Wildman–Crippen LogP) is 3.73. The van der Waals surface area contributed by atoms with Gasteiger partial charge < -0.3 is 0 Å². The second-order valence-corrected chi connectivity index (χ2v) is 8.81. The van der Waals surface area contributed by atoms with E-state index in [-0.39, 0.29) is 29.0 Å². The van der Waals surface area contributed by atoms with E-state index in [1.807, 2.05) is 48.5 Å². The molecule has 3 aliphatic carbocycles. The summed E-state index contributed by atoms with van der Waals surface area (Å²) in [6.45, 7) is 1.49. The third-order valence-corrected chi connectivity index (χ3v) is 7.49. The normalized spacial score (nSPS) is 26.6. The van der Waals surface area contributed by atoms with Gasteiger partial charge in [0.15, 0.2) is 0 Å². The second kappa shape index (κ2) is 6.45. The fourth-order valence-electron chi connectivity index (χ4n) is 6.35. The molecule has 0 unspecified atom stereocenters. The fraction of sp³-hybridized carbons (Fsp3) is 0.192. The van der Waals surface area contributed by atoms with Crippen molar-refractivity contribution in [3.05, 3.63) is 105 Å². The van der Waals surface area contributed by atoms with Gasteiger partial charge in [-0.25, -0.2) is 4.90 Å². The van der Waals surface area contributed by atoms with Gasteiger partial charge in [0.25, 0.3) is 5.69 Å². The largest absolute Gasteiger partial charge is 0.299 e. The van der Waals surface area contributed by atoms with Crippen LogP contribution in [0.15, 0.2) is 72.8 Å². The lowest BCUT2D eigenvalue weighted by atomic mass is 9.46. The standard InChI is InChI=1S/C26H18N2O5/c1-14(29)26-19-8-4-2-6-17(19)21(18-7-3-5-9-20(18)26)22-23(26)25(31)27(24(22)30)15-10-12-16(13-11-15)28(32)33/h2-13,21-23H,1H3/t21?,22-,23+,26?/m0/s1. The summed E-state index contributed by atoms with van der Waals surface area (Å²) in [6.07, 6.45) is 0. The van der Waals surface area contributed by atoms with E-state index in [9.17, 15) is 24.5 Å². The molecule has 1 saturated heterocycles. The van der Waals surface area contributed by atoms with Gasteiger partial charge in [-0.2, -0.15) is 0 Å². The molecule has 4 aliphatic rings. The Balaban J connectivity index is 1.61. The van der Waals surface area contributed by atoms with Crippen molar-refractivity contribution < 1.29 is 19.3 Å². The topological polar surface area (TPSA) is 97.6 Å². The lowest BCUT2D eigenvalue weighted by Crippen LogP contribution is -2.57. The number of ketones is 1. The Morgan fingerprint density at radius 1 is 0.879 bits per heavy atom. The Morgan fingerprint density at radius 2 is 1.42 bits per heavy atom. The molecule has 0 N–H and O–H groups in total. The van der Waals surface area contributed by atoms with Crippen LogP contribution in [0.4, 0.5) is 11.4 Å². The number of anilines is 1. The molecule has 1 heterocycles. The molecule has 2 bridgehead atoms. The molecule has 0 aromatic heterocycles. The van der Waals surface area contributed by atoms with Crippen LogP contribution in [0.1, 0.15) is 35.1 Å². The van der Waals surface area contributed by atoms with E-state index in [2.05, 4.69) is 0 Å². The Morgan fingerprint density at radius 3 is 1.94 bits per heavy atom. The first-order valence-corrected chi connectivity index (χ1v) is 10.7. The van der Waals surface area contributed by atoms with Crippen molar-refractivity contribution in [1.82, 2.24) is 0 Å². The van der Waals surface area contributed by atoms with Crippen molar-refractivity contribution in [2.75, 3.05) is 4.90 Å². The van der Waals surface area contributed by atoms with E-state index in [0.29, 0.717) is 0 Å². The zero-order valence-electron chi connectivity index (χ0n) is 17.6.